The van der Waals surface area contributed by atoms with E-state index < -0.39 is 23.4 Å². The fourth-order valence-corrected chi connectivity index (χ4v) is 2.56. The molecule has 0 amide bonds. The monoisotopic (exact) mass is 273 g/mol. The number of aliphatic carboxylic acids is 2. The zero-order valence-electron chi connectivity index (χ0n) is 10.9. The minimum atomic E-state index is -1.56. The second-order valence-corrected chi connectivity index (χ2v) is 4.81. The van der Waals surface area contributed by atoms with Gasteiger partial charge in [0.25, 0.3) is 0 Å². The van der Waals surface area contributed by atoms with Gasteiger partial charge in [0.2, 0.25) is 0 Å². The quantitative estimate of drug-likeness (QED) is 0.770. The summed E-state index contributed by atoms with van der Waals surface area (Å²) in [4.78, 5) is 23.1. The Hall–Kier alpha value is -2.40. The van der Waals surface area contributed by atoms with Gasteiger partial charge in [-0.05, 0) is 18.6 Å². The first-order chi connectivity index (χ1) is 9.39. The van der Waals surface area contributed by atoms with Crippen LogP contribution < -0.4 is 5.73 Å². The molecular weight excluding hydrogens is 258 g/mol. The molecule has 104 valence electrons. The summed E-state index contributed by atoms with van der Waals surface area (Å²) in [6.07, 6.45) is 2.93. The summed E-state index contributed by atoms with van der Waals surface area (Å²) in [5.74, 6) is -2.37. The molecule has 0 bridgehead atoms. The maximum atomic E-state index is 11.9. The molecule has 4 N–H and O–H groups in total. The van der Waals surface area contributed by atoms with Crippen LogP contribution in [0.25, 0.3) is 0 Å². The Morgan fingerprint density at radius 2 is 1.80 bits per heavy atom. The van der Waals surface area contributed by atoms with E-state index in [2.05, 4.69) is 0 Å². The number of carboxylic acids is 2. The van der Waals surface area contributed by atoms with Gasteiger partial charge < -0.3 is 15.9 Å². The van der Waals surface area contributed by atoms with Gasteiger partial charge in [-0.2, -0.15) is 0 Å². The number of carbonyl (C=O) groups is 2. The Labute approximate surface area is 116 Å². The summed E-state index contributed by atoms with van der Waals surface area (Å²) in [6.45, 7) is 1.66. The van der Waals surface area contributed by atoms with Gasteiger partial charge in [0, 0.05) is 0 Å². The van der Waals surface area contributed by atoms with Crippen molar-refractivity contribution < 1.29 is 19.8 Å². The van der Waals surface area contributed by atoms with E-state index in [4.69, 9.17) is 5.73 Å². The predicted octanol–water partition coefficient (Wildman–Crippen LogP) is 1.31. The third-order valence-corrected chi connectivity index (χ3v) is 3.52. The number of nitrogens with two attached hydrogens (primary N) is 1. The number of carboxylic acid groups (broad SMARTS) is 2. The highest BCUT2D eigenvalue weighted by Gasteiger charge is 2.48. The minimum Gasteiger partial charge on any atom is -0.480 e. The highest BCUT2D eigenvalue weighted by molar-refractivity contribution is 5.95. The fourth-order valence-electron chi connectivity index (χ4n) is 2.56. The fraction of sp³-hybridized carbons (Fsp3) is 0.200. The van der Waals surface area contributed by atoms with Crippen LogP contribution in [0.1, 0.15) is 12.5 Å². The standard InChI is InChI=1S/C15H15NO4/c1-9-7-11(13(17)18)12(16)15(8-9,14(19)20)10-5-3-2-4-6-10/h2-8,12H,16H2,1H3,(H,17,18)(H,19,20). The van der Waals surface area contributed by atoms with Crippen molar-refractivity contribution in [3.8, 4) is 0 Å². The lowest BCUT2D eigenvalue weighted by molar-refractivity contribution is -0.142. The van der Waals surface area contributed by atoms with E-state index >= 15 is 0 Å². The maximum Gasteiger partial charge on any atom is 0.333 e. The molecule has 1 aromatic rings. The molecule has 5 heteroatoms. The summed E-state index contributed by atoms with van der Waals surface area (Å²) in [7, 11) is 0. The van der Waals surface area contributed by atoms with Crippen LogP contribution in [0.2, 0.25) is 0 Å². The summed E-state index contributed by atoms with van der Waals surface area (Å²) in [5, 5.41) is 18.9. The normalized spacial score (nSPS) is 25.6. The van der Waals surface area contributed by atoms with Gasteiger partial charge in [0.05, 0.1) is 11.6 Å². The zero-order valence-corrected chi connectivity index (χ0v) is 10.9. The van der Waals surface area contributed by atoms with E-state index in [1.807, 2.05) is 0 Å². The van der Waals surface area contributed by atoms with Gasteiger partial charge in [0.1, 0.15) is 5.41 Å². The lowest BCUT2D eigenvalue weighted by Crippen LogP contribution is -2.53. The molecule has 1 aromatic carbocycles. The van der Waals surface area contributed by atoms with Crippen molar-refractivity contribution in [1.82, 2.24) is 0 Å². The molecule has 0 fully saturated rings. The third kappa shape index (κ3) is 2.02. The van der Waals surface area contributed by atoms with Crippen molar-refractivity contribution in [3.63, 3.8) is 0 Å². The Morgan fingerprint density at radius 3 is 2.30 bits per heavy atom. The first-order valence-corrected chi connectivity index (χ1v) is 6.08. The van der Waals surface area contributed by atoms with Crippen molar-refractivity contribution in [1.29, 1.82) is 0 Å². The van der Waals surface area contributed by atoms with Gasteiger partial charge >= 0.3 is 11.9 Å². The smallest absolute Gasteiger partial charge is 0.333 e. The van der Waals surface area contributed by atoms with Crippen molar-refractivity contribution in [2.75, 3.05) is 0 Å². The van der Waals surface area contributed by atoms with Gasteiger partial charge in [-0.1, -0.05) is 42.0 Å². The second kappa shape index (κ2) is 4.94. The molecule has 0 saturated heterocycles. The van der Waals surface area contributed by atoms with Crippen LogP contribution in [0.5, 0.6) is 0 Å². The molecule has 0 aliphatic heterocycles. The Balaban J connectivity index is 2.69. The molecule has 0 heterocycles. The molecule has 5 nitrogen and oxygen atoms in total. The van der Waals surface area contributed by atoms with E-state index in [-0.39, 0.29) is 5.57 Å². The molecule has 2 rings (SSSR count). The highest BCUT2D eigenvalue weighted by Crippen LogP contribution is 2.37. The van der Waals surface area contributed by atoms with Gasteiger partial charge in [-0.25, -0.2) is 4.79 Å². The Kier molecular flexibility index (Phi) is 3.46. The molecule has 0 aromatic heterocycles. The molecule has 0 spiro atoms. The van der Waals surface area contributed by atoms with Gasteiger partial charge in [0.15, 0.2) is 0 Å². The van der Waals surface area contributed by atoms with E-state index in [0.29, 0.717) is 11.1 Å². The lowest BCUT2D eigenvalue weighted by atomic mass is 9.68. The molecular formula is C15H15NO4. The SMILES string of the molecule is CC1=CC(C(=O)O)(c2ccccc2)C(N)C(C(=O)O)=C1. The average molecular weight is 273 g/mol. The van der Waals surface area contributed by atoms with E-state index in [0.717, 1.165) is 0 Å². The van der Waals surface area contributed by atoms with Gasteiger partial charge in [-0.15, -0.1) is 0 Å². The lowest BCUT2D eigenvalue weighted by Gasteiger charge is -2.36. The average Bonchev–Trinajstić information content (AvgIpc) is 2.41. The Bertz CT molecular complexity index is 618. The van der Waals surface area contributed by atoms with Crippen LogP contribution in [0, 0.1) is 0 Å². The molecule has 0 radical (unpaired) electrons. The summed E-state index contributed by atoms with van der Waals surface area (Å²) >= 11 is 0. The Morgan fingerprint density at radius 1 is 1.20 bits per heavy atom. The number of allylic oxidation sites excluding steroid dienone is 2. The largest absolute Gasteiger partial charge is 0.480 e. The first kappa shape index (κ1) is 14.0. The van der Waals surface area contributed by atoms with E-state index in [9.17, 15) is 19.8 Å². The topological polar surface area (TPSA) is 101 Å². The molecule has 0 saturated carbocycles. The number of hydrogen-bond acceptors (Lipinski definition) is 3. The van der Waals surface area contributed by atoms with E-state index in [1.165, 1.54) is 12.2 Å². The molecule has 1 aliphatic carbocycles. The van der Waals surface area contributed by atoms with Crippen LogP contribution in [-0.2, 0) is 15.0 Å². The molecule has 1 aliphatic rings. The minimum absolute atomic E-state index is 0.101. The molecule has 20 heavy (non-hydrogen) atoms. The highest BCUT2D eigenvalue weighted by atomic mass is 16.4. The van der Waals surface area contributed by atoms with Crippen molar-refractivity contribution in [3.05, 3.63) is 59.2 Å². The number of hydrogen-bond donors (Lipinski definition) is 3. The van der Waals surface area contributed by atoms with Crippen LogP contribution in [0.4, 0.5) is 0 Å². The number of benzene rings is 1. The third-order valence-electron chi connectivity index (χ3n) is 3.52. The van der Waals surface area contributed by atoms with Crippen molar-refractivity contribution in [2.45, 2.75) is 18.4 Å². The van der Waals surface area contributed by atoms with Crippen molar-refractivity contribution >= 4 is 11.9 Å². The van der Waals surface area contributed by atoms with Crippen LogP contribution in [0.15, 0.2) is 53.6 Å². The van der Waals surface area contributed by atoms with Crippen LogP contribution >= 0.6 is 0 Å². The van der Waals surface area contributed by atoms with Crippen LogP contribution in [-0.4, -0.2) is 28.2 Å². The van der Waals surface area contributed by atoms with Crippen molar-refractivity contribution in [2.24, 2.45) is 5.73 Å². The van der Waals surface area contributed by atoms with E-state index in [1.54, 1.807) is 37.3 Å². The maximum absolute atomic E-state index is 11.9. The molecule has 2 atom stereocenters. The first-order valence-electron chi connectivity index (χ1n) is 6.08. The van der Waals surface area contributed by atoms with Gasteiger partial charge in [-0.3, -0.25) is 4.79 Å². The second-order valence-electron chi connectivity index (χ2n) is 4.81. The predicted molar refractivity (Wildman–Crippen MR) is 73.2 cm³/mol. The number of rotatable bonds is 3. The molecule has 2 unspecified atom stereocenters. The van der Waals surface area contributed by atoms with Crippen LogP contribution in [0.3, 0.4) is 0 Å². The summed E-state index contributed by atoms with van der Waals surface area (Å²) < 4.78 is 0. The zero-order chi connectivity index (χ0) is 14.9. The summed E-state index contributed by atoms with van der Waals surface area (Å²) in [6, 6.07) is 7.30. The summed E-state index contributed by atoms with van der Waals surface area (Å²) in [5.41, 5.74) is 5.35.